The molecule has 4 unspecified atom stereocenters. The van der Waals surface area contributed by atoms with Crippen molar-refractivity contribution in [3.63, 3.8) is 0 Å². The normalized spacial score (nSPS) is 52.8. The maximum atomic E-state index is 13.0. The van der Waals surface area contributed by atoms with Gasteiger partial charge in [0.25, 0.3) is 0 Å². The van der Waals surface area contributed by atoms with Crippen LogP contribution in [0.15, 0.2) is 0 Å². The van der Waals surface area contributed by atoms with Crippen LogP contribution in [0.3, 0.4) is 0 Å². The van der Waals surface area contributed by atoms with E-state index < -0.39 is 0 Å². The van der Waals surface area contributed by atoms with Gasteiger partial charge in [-0.1, -0.05) is 27.7 Å². The molecule has 6 heteroatoms. The molecule has 0 aromatic heterocycles. The molecule has 12 atom stereocenters. The summed E-state index contributed by atoms with van der Waals surface area (Å²) in [5, 5.41) is 3.48. The molecule has 4 aliphatic carbocycles. The van der Waals surface area contributed by atoms with Crippen molar-refractivity contribution in [1.29, 1.82) is 0 Å². The van der Waals surface area contributed by atoms with Crippen LogP contribution < -0.4 is 5.32 Å². The minimum Gasteiger partial charge on any atom is -0.349 e. The Labute approximate surface area is 243 Å². The van der Waals surface area contributed by atoms with E-state index in [9.17, 15) is 4.79 Å². The van der Waals surface area contributed by atoms with Crippen molar-refractivity contribution in [3.8, 4) is 0 Å². The third kappa shape index (κ3) is 4.31. The lowest BCUT2D eigenvalue weighted by Gasteiger charge is -2.61. The predicted octanol–water partition coefficient (Wildman–Crippen LogP) is 6.15. The number of urea groups is 1. The number of fused-ring (bicyclic) bond motifs is 7. The highest BCUT2D eigenvalue weighted by atomic mass is 16.7. The van der Waals surface area contributed by atoms with E-state index in [0.717, 1.165) is 69.3 Å². The second kappa shape index (κ2) is 10.1. The monoisotopic (exact) mass is 555 g/mol. The lowest BCUT2D eigenvalue weighted by Crippen LogP contribution is -2.57. The molecule has 0 radical (unpaired) electrons. The first kappa shape index (κ1) is 28.0. The van der Waals surface area contributed by atoms with Crippen molar-refractivity contribution in [2.45, 2.75) is 116 Å². The van der Waals surface area contributed by atoms with Gasteiger partial charge in [-0.2, -0.15) is 0 Å². The number of hydrogen-bond donors (Lipinski definition) is 1. The topological polar surface area (TPSA) is 54.0 Å². The summed E-state index contributed by atoms with van der Waals surface area (Å²) in [5.74, 6) is 4.74. The van der Waals surface area contributed by atoms with Crippen molar-refractivity contribution in [3.05, 3.63) is 0 Å². The molecule has 0 aromatic rings. The third-order valence-corrected chi connectivity index (χ3v) is 14.3. The Hall–Kier alpha value is -0.850. The van der Waals surface area contributed by atoms with Crippen LogP contribution >= 0.6 is 0 Å². The molecule has 7 aliphatic rings. The van der Waals surface area contributed by atoms with E-state index >= 15 is 0 Å². The zero-order valence-corrected chi connectivity index (χ0v) is 26.1. The molecule has 1 spiro atoms. The Bertz CT molecular complexity index is 968. The van der Waals surface area contributed by atoms with Gasteiger partial charge in [0.15, 0.2) is 5.79 Å². The molecule has 7 fully saturated rings. The summed E-state index contributed by atoms with van der Waals surface area (Å²) in [7, 11) is 2.15. The van der Waals surface area contributed by atoms with Gasteiger partial charge in [-0.15, -0.1) is 0 Å². The number of piperazine rings is 1. The summed E-state index contributed by atoms with van der Waals surface area (Å²) < 4.78 is 13.7. The predicted molar refractivity (Wildman–Crippen MR) is 158 cm³/mol. The van der Waals surface area contributed by atoms with Crippen LogP contribution in [0.2, 0.25) is 0 Å². The number of hydrogen-bond acceptors (Lipinski definition) is 4. The minimum absolute atomic E-state index is 0.181. The first-order chi connectivity index (χ1) is 19.1. The first-order valence-corrected chi connectivity index (χ1v) is 17.2. The van der Waals surface area contributed by atoms with Crippen LogP contribution in [-0.4, -0.2) is 73.6 Å². The van der Waals surface area contributed by atoms with Gasteiger partial charge in [0, 0.05) is 44.6 Å². The Morgan fingerprint density at radius 3 is 2.45 bits per heavy atom. The molecule has 3 aliphatic heterocycles. The van der Waals surface area contributed by atoms with E-state index in [2.05, 4.69) is 45.0 Å². The number of carbonyl (C=O) groups is 1. The van der Waals surface area contributed by atoms with Gasteiger partial charge in [0.05, 0.1) is 12.7 Å². The van der Waals surface area contributed by atoms with Crippen molar-refractivity contribution >= 4 is 6.03 Å². The summed E-state index contributed by atoms with van der Waals surface area (Å²) in [6.07, 6.45) is 14.4. The zero-order valence-electron chi connectivity index (χ0n) is 26.1. The number of ether oxygens (including phenoxy) is 2. The Morgan fingerprint density at radius 1 is 0.875 bits per heavy atom. The van der Waals surface area contributed by atoms with Gasteiger partial charge < -0.3 is 24.6 Å². The molecule has 2 amide bonds. The van der Waals surface area contributed by atoms with E-state index in [1.807, 2.05) is 4.90 Å². The highest BCUT2D eigenvalue weighted by Crippen LogP contribution is 2.71. The standard InChI is InChI=1S/C34H57N3O3/c1-22-7-6-12-34(39-21-22)23(2)30-29(40-34)20-28-26-9-8-24-19-25(35-31(38)37-17-15-36(5)16-18-37)10-13-32(24,3)27(26)11-14-33(28,30)4/h22-30H,6-21H2,1-5H3,(H,35,38)/t22-,23?,24+,25+,26+,27?,28?,29-,30?,32-,33-,34+/m0/s1. The van der Waals surface area contributed by atoms with Crippen LogP contribution in [0.4, 0.5) is 4.79 Å². The van der Waals surface area contributed by atoms with Gasteiger partial charge in [0.2, 0.25) is 0 Å². The van der Waals surface area contributed by atoms with E-state index in [0.29, 0.717) is 40.7 Å². The van der Waals surface area contributed by atoms with Crippen LogP contribution in [0.5, 0.6) is 0 Å². The molecule has 40 heavy (non-hydrogen) atoms. The van der Waals surface area contributed by atoms with E-state index in [1.54, 1.807) is 0 Å². The van der Waals surface area contributed by atoms with Crippen LogP contribution in [0.25, 0.3) is 0 Å². The largest absolute Gasteiger partial charge is 0.349 e. The van der Waals surface area contributed by atoms with Crippen LogP contribution in [0.1, 0.15) is 98.3 Å². The number of nitrogens with one attached hydrogen (secondary N) is 1. The van der Waals surface area contributed by atoms with Crippen LogP contribution in [-0.2, 0) is 9.47 Å². The average molecular weight is 556 g/mol. The molecule has 226 valence electrons. The summed E-state index contributed by atoms with van der Waals surface area (Å²) in [6, 6.07) is 0.537. The molecule has 7 rings (SSSR count). The van der Waals surface area contributed by atoms with Gasteiger partial charge in [-0.05, 0) is 118 Å². The Balaban J connectivity index is 1.02. The molecule has 6 nitrogen and oxygen atoms in total. The maximum Gasteiger partial charge on any atom is 0.317 e. The summed E-state index contributed by atoms with van der Waals surface area (Å²) >= 11 is 0. The van der Waals surface area contributed by atoms with Gasteiger partial charge in [-0.3, -0.25) is 0 Å². The molecule has 3 saturated heterocycles. The van der Waals surface area contributed by atoms with Crippen molar-refractivity contribution in [2.24, 2.45) is 52.3 Å². The third-order valence-electron chi connectivity index (χ3n) is 14.3. The lowest BCUT2D eigenvalue weighted by molar-refractivity contribution is -0.250. The van der Waals surface area contributed by atoms with E-state index in [-0.39, 0.29) is 11.8 Å². The number of likely N-dealkylation sites (N-methyl/N-ethyl adjacent to an activating group) is 1. The zero-order chi connectivity index (χ0) is 27.9. The van der Waals surface area contributed by atoms with Crippen molar-refractivity contribution in [2.75, 3.05) is 39.8 Å². The summed E-state index contributed by atoms with van der Waals surface area (Å²) in [5.41, 5.74) is 0.832. The van der Waals surface area contributed by atoms with Crippen molar-refractivity contribution in [1.82, 2.24) is 15.1 Å². The lowest BCUT2D eigenvalue weighted by atomic mass is 9.44. The maximum absolute atomic E-state index is 13.0. The number of amides is 2. The van der Waals surface area contributed by atoms with Crippen LogP contribution in [0, 0.1) is 52.3 Å². The van der Waals surface area contributed by atoms with Gasteiger partial charge in [-0.25, -0.2) is 4.79 Å². The second-order valence-corrected chi connectivity index (χ2v) is 16.2. The molecular formula is C34H57N3O3. The molecular weight excluding hydrogens is 498 g/mol. The quantitative estimate of drug-likeness (QED) is 0.422. The molecule has 1 N–H and O–H groups in total. The molecule has 3 heterocycles. The van der Waals surface area contributed by atoms with Crippen molar-refractivity contribution < 1.29 is 14.3 Å². The molecule has 4 saturated carbocycles. The molecule has 0 bridgehead atoms. The fourth-order valence-electron chi connectivity index (χ4n) is 11.9. The summed E-state index contributed by atoms with van der Waals surface area (Å²) in [4.78, 5) is 17.4. The Morgan fingerprint density at radius 2 is 1.65 bits per heavy atom. The molecule has 0 aromatic carbocycles. The van der Waals surface area contributed by atoms with Gasteiger partial charge >= 0.3 is 6.03 Å². The highest BCUT2D eigenvalue weighted by Gasteiger charge is 2.69. The highest BCUT2D eigenvalue weighted by molar-refractivity contribution is 5.74. The average Bonchev–Trinajstić information content (AvgIpc) is 3.28. The second-order valence-electron chi connectivity index (χ2n) is 16.2. The SMILES string of the molecule is CC1C2[C@H](CC3[C@@H]4CC[C@@H]5C[C@H](NC(=O)N6CCN(C)CC6)CC[C@]5(C)C4CC[C@@]32C)O[C@]12CCC[C@H](C)CO2. The van der Waals surface area contributed by atoms with E-state index in [1.165, 1.54) is 57.8 Å². The van der Waals surface area contributed by atoms with Gasteiger partial charge in [0.1, 0.15) is 0 Å². The smallest absolute Gasteiger partial charge is 0.317 e. The number of rotatable bonds is 1. The minimum atomic E-state index is -0.318. The fourth-order valence-corrected chi connectivity index (χ4v) is 11.9. The fraction of sp³-hybridized carbons (Fsp3) is 0.971. The first-order valence-electron chi connectivity index (χ1n) is 17.2. The number of nitrogens with zero attached hydrogens (tertiary/aromatic N) is 2. The summed E-state index contributed by atoms with van der Waals surface area (Å²) in [6.45, 7) is 14.7. The van der Waals surface area contributed by atoms with E-state index in [4.69, 9.17) is 9.47 Å². The Kier molecular flexibility index (Phi) is 7.07. The number of carbonyl (C=O) groups excluding carboxylic acids is 1.